The van der Waals surface area contributed by atoms with Crippen molar-refractivity contribution in [2.24, 2.45) is 5.73 Å². The molecule has 0 amide bonds. The van der Waals surface area contributed by atoms with E-state index < -0.39 is 0 Å². The summed E-state index contributed by atoms with van der Waals surface area (Å²) in [5.74, 6) is 0. The summed E-state index contributed by atoms with van der Waals surface area (Å²) in [5, 5.41) is 1.15. The molecule has 0 aliphatic rings. The maximum Gasteiger partial charge on any atom is 0.0704 e. The van der Waals surface area contributed by atoms with Gasteiger partial charge in [-0.1, -0.05) is 29.3 Å². The standard InChI is InChI=1S/C13H12BrCl2NS/c1-7-9(6-13(14)18-7)12(17)5-8-2-3-10(15)11(16)4-8/h2-4,6,12H,5,17H2,1H3. The Labute approximate surface area is 129 Å². The van der Waals surface area contributed by atoms with Crippen molar-refractivity contribution < 1.29 is 0 Å². The molecule has 0 aliphatic carbocycles. The van der Waals surface area contributed by atoms with Gasteiger partial charge < -0.3 is 5.73 Å². The van der Waals surface area contributed by atoms with Crippen LogP contribution in [0, 0.1) is 6.92 Å². The lowest BCUT2D eigenvalue weighted by atomic mass is 10.0. The molecule has 0 aliphatic heterocycles. The fourth-order valence-electron chi connectivity index (χ4n) is 1.86. The first kappa shape index (κ1) is 14.4. The van der Waals surface area contributed by atoms with Crippen LogP contribution in [0.15, 0.2) is 28.1 Å². The topological polar surface area (TPSA) is 26.0 Å². The zero-order valence-electron chi connectivity index (χ0n) is 9.71. The van der Waals surface area contributed by atoms with Gasteiger partial charge in [0.05, 0.1) is 13.8 Å². The van der Waals surface area contributed by atoms with Crippen LogP contribution in [0.2, 0.25) is 10.0 Å². The van der Waals surface area contributed by atoms with Crippen molar-refractivity contribution in [1.82, 2.24) is 0 Å². The zero-order chi connectivity index (χ0) is 13.3. The minimum Gasteiger partial charge on any atom is -0.324 e. The Morgan fingerprint density at radius 2 is 2.00 bits per heavy atom. The smallest absolute Gasteiger partial charge is 0.0704 e. The predicted molar refractivity (Wildman–Crippen MR) is 83.9 cm³/mol. The summed E-state index contributed by atoms with van der Waals surface area (Å²) < 4.78 is 1.11. The van der Waals surface area contributed by atoms with E-state index in [4.69, 9.17) is 28.9 Å². The summed E-state index contributed by atoms with van der Waals surface area (Å²) in [5.41, 5.74) is 8.51. The van der Waals surface area contributed by atoms with Crippen molar-refractivity contribution in [3.05, 3.63) is 54.1 Å². The van der Waals surface area contributed by atoms with Crippen LogP contribution in [0.25, 0.3) is 0 Å². The van der Waals surface area contributed by atoms with Gasteiger partial charge >= 0.3 is 0 Å². The molecule has 0 spiro atoms. The molecule has 1 aromatic heterocycles. The van der Waals surface area contributed by atoms with Crippen LogP contribution in [0.4, 0.5) is 0 Å². The van der Waals surface area contributed by atoms with E-state index in [-0.39, 0.29) is 6.04 Å². The molecular formula is C13H12BrCl2NS. The average molecular weight is 365 g/mol. The third kappa shape index (κ3) is 3.28. The van der Waals surface area contributed by atoms with E-state index in [0.29, 0.717) is 10.0 Å². The summed E-state index contributed by atoms with van der Waals surface area (Å²) in [6.07, 6.45) is 0.751. The van der Waals surface area contributed by atoms with Gasteiger partial charge in [-0.2, -0.15) is 0 Å². The Hall–Kier alpha value is -0.0600. The molecule has 2 N–H and O–H groups in total. The molecule has 0 radical (unpaired) electrons. The number of aryl methyl sites for hydroxylation is 1. The van der Waals surface area contributed by atoms with Crippen LogP contribution < -0.4 is 5.73 Å². The first-order valence-corrected chi connectivity index (χ1v) is 7.79. The number of hydrogen-bond donors (Lipinski definition) is 1. The van der Waals surface area contributed by atoms with Gasteiger partial charge in [-0.15, -0.1) is 11.3 Å². The van der Waals surface area contributed by atoms with Gasteiger partial charge in [0, 0.05) is 10.9 Å². The van der Waals surface area contributed by atoms with E-state index in [1.54, 1.807) is 11.3 Å². The molecule has 0 bridgehead atoms. The molecule has 2 rings (SSSR count). The van der Waals surface area contributed by atoms with Crippen molar-refractivity contribution in [3.63, 3.8) is 0 Å². The van der Waals surface area contributed by atoms with E-state index in [9.17, 15) is 0 Å². The van der Waals surface area contributed by atoms with E-state index in [1.807, 2.05) is 18.2 Å². The summed E-state index contributed by atoms with van der Waals surface area (Å²) in [6.45, 7) is 2.08. The number of benzene rings is 1. The quantitative estimate of drug-likeness (QED) is 0.778. The van der Waals surface area contributed by atoms with Gasteiger partial charge in [0.15, 0.2) is 0 Å². The Balaban J connectivity index is 2.18. The molecule has 1 aromatic carbocycles. The number of thiophene rings is 1. The van der Waals surface area contributed by atoms with E-state index >= 15 is 0 Å². The molecule has 96 valence electrons. The highest BCUT2D eigenvalue weighted by Gasteiger charge is 2.13. The van der Waals surface area contributed by atoms with Gasteiger partial charge in [-0.3, -0.25) is 0 Å². The highest BCUT2D eigenvalue weighted by atomic mass is 79.9. The van der Waals surface area contributed by atoms with Crippen LogP contribution in [0.3, 0.4) is 0 Å². The highest BCUT2D eigenvalue weighted by molar-refractivity contribution is 9.11. The lowest BCUT2D eigenvalue weighted by Crippen LogP contribution is -2.13. The monoisotopic (exact) mass is 363 g/mol. The summed E-state index contributed by atoms with van der Waals surface area (Å²) in [6, 6.07) is 7.71. The molecule has 0 saturated carbocycles. The molecule has 0 fully saturated rings. The first-order chi connectivity index (χ1) is 8.47. The minimum absolute atomic E-state index is 0.0233. The third-order valence-corrected chi connectivity index (χ3v) is 5.07. The number of nitrogens with two attached hydrogens (primary N) is 1. The van der Waals surface area contributed by atoms with Crippen LogP contribution in [-0.2, 0) is 6.42 Å². The van der Waals surface area contributed by atoms with E-state index in [1.165, 1.54) is 10.4 Å². The molecule has 2 aromatic rings. The van der Waals surface area contributed by atoms with Crippen LogP contribution in [-0.4, -0.2) is 0 Å². The molecule has 1 heterocycles. The molecule has 5 heteroatoms. The van der Waals surface area contributed by atoms with Gasteiger partial charge in [0.1, 0.15) is 0 Å². The normalized spacial score (nSPS) is 12.7. The maximum absolute atomic E-state index is 6.24. The molecule has 1 atom stereocenters. The van der Waals surface area contributed by atoms with Crippen molar-refractivity contribution in [3.8, 4) is 0 Å². The Bertz CT molecular complexity index is 568. The molecule has 0 saturated heterocycles. The van der Waals surface area contributed by atoms with Gasteiger partial charge in [0.25, 0.3) is 0 Å². The summed E-state index contributed by atoms with van der Waals surface area (Å²) in [7, 11) is 0. The van der Waals surface area contributed by atoms with Crippen molar-refractivity contribution >= 4 is 50.5 Å². The fraction of sp³-hybridized carbons (Fsp3) is 0.231. The fourth-order valence-corrected chi connectivity index (χ4v) is 3.96. The number of rotatable bonds is 3. The van der Waals surface area contributed by atoms with Gasteiger partial charge in [-0.05, 0) is 58.6 Å². The summed E-state index contributed by atoms with van der Waals surface area (Å²) in [4.78, 5) is 1.24. The lowest BCUT2D eigenvalue weighted by Gasteiger charge is -2.12. The third-order valence-electron chi connectivity index (χ3n) is 2.77. The minimum atomic E-state index is -0.0233. The van der Waals surface area contributed by atoms with Gasteiger partial charge in [-0.25, -0.2) is 0 Å². The Kier molecular flexibility index (Phi) is 4.73. The number of halogens is 3. The van der Waals surface area contributed by atoms with Crippen LogP contribution >= 0.6 is 50.5 Å². The molecule has 18 heavy (non-hydrogen) atoms. The van der Waals surface area contributed by atoms with E-state index in [0.717, 1.165) is 15.8 Å². The SMILES string of the molecule is Cc1sc(Br)cc1C(N)Cc1ccc(Cl)c(Cl)c1. The lowest BCUT2D eigenvalue weighted by molar-refractivity contribution is 0.720. The highest BCUT2D eigenvalue weighted by Crippen LogP contribution is 2.32. The second kappa shape index (κ2) is 5.93. The number of hydrogen-bond acceptors (Lipinski definition) is 2. The Morgan fingerprint density at radius 3 is 2.56 bits per heavy atom. The van der Waals surface area contributed by atoms with Crippen LogP contribution in [0.5, 0.6) is 0 Å². The molecule has 1 nitrogen and oxygen atoms in total. The van der Waals surface area contributed by atoms with Gasteiger partial charge in [0.2, 0.25) is 0 Å². The zero-order valence-corrected chi connectivity index (χ0v) is 13.6. The molecule has 1 unspecified atom stereocenters. The van der Waals surface area contributed by atoms with Crippen molar-refractivity contribution in [1.29, 1.82) is 0 Å². The van der Waals surface area contributed by atoms with Crippen molar-refractivity contribution in [2.45, 2.75) is 19.4 Å². The second-order valence-corrected chi connectivity index (χ2v) is 7.57. The van der Waals surface area contributed by atoms with E-state index in [2.05, 4.69) is 28.9 Å². The Morgan fingerprint density at radius 1 is 1.28 bits per heavy atom. The van der Waals surface area contributed by atoms with Crippen molar-refractivity contribution in [2.75, 3.05) is 0 Å². The predicted octanol–water partition coefficient (Wildman–Crippen LogP) is 5.37. The second-order valence-electron chi connectivity index (χ2n) is 4.12. The molecular weight excluding hydrogens is 353 g/mol. The summed E-state index contributed by atoms with van der Waals surface area (Å²) >= 11 is 17.1. The largest absolute Gasteiger partial charge is 0.324 e. The maximum atomic E-state index is 6.24. The average Bonchev–Trinajstić information content (AvgIpc) is 2.63. The van der Waals surface area contributed by atoms with Crippen LogP contribution in [0.1, 0.15) is 22.0 Å². The first-order valence-electron chi connectivity index (χ1n) is 5.42.